The summed E-state index contributed by atoms with van der Waals surface area (Å²) >= 11 is 1.32. The molecular formula is C7H9N3O2S. The van der Waals surface area contributed by atoms with Gasteiger partial charge in [-0.1, -0.05) is 11.3 Å². The second-order valence-corrected chi connectivity index (χ2v) is 3.87. The highest BCUT2D eigenvalue weighted by Crippen LogP contribution is 2.34. The Morgan fingerprint density at radius 3 is 3.00 bits per heavy atom. The van der Waals surface area contributed by atoms with E-state index < -0.39 is 12.0 Å². The molecule has 2 rings (SSSR count). The van der Waals surface area contributed by atoms with E-state index in [1.165, 1.54) is 11.3 Å². The van der Waals surface area contributed by atoms with Gasteiger partial charge in [-0.3, -0.25) is 0 Å². The summed E-state index contributed by atoms with van der Waals surface area (Å²) in [5.41, 5.74) is 1.58. The largest absolute Gasteiger partial charge is 0.480 e. The van der Waals surface area contributed by atoms with Gasteiger partial charge in [-0.05, 0) is 18.8 Å². The fraction of sp³-hybridized carbons (Fsp3) is 0.571. The predicted octanol–water partition coefficient (Wildman–Crippen LogP) is 0.813. The highest BCUT2D eigenvalue weighted by Gasteiger charge is 2.36. The van der Waals surface area contributed by atoms with Crippen molar-refractivity contribution in [1.82, 2.24) is 10.2 Å². The van der Waals surface area contributed by atoms with Gasteiger partial charge in [0.15, 0.2) is 0 Å². The Morgan fingerprint density at radius 2 is 2.54 bits per heavy atom. The van der Waals surface area contributed by atoms with Gasteiger partial charge in [-0.15, -0.1) is 10.2 Å². The lowest BCUT2D eigenvalue weighted by Gasteiger charge is -2.10. The van der Waals surface area contributed by atoms with Crippen LogP contribution in [0, 0.1) is 5.92 Å². The molecule has 1 unspecified atom stereocenters. The fourth-order valence-electron chi connectivity index (χ4n) is 1.18. The lowest BCUT2D eigenvalue weighted by atomic mass is 10.2. The van der Waals surface area contributed by atoms with E-state index >= 15 is 0 Å². The molecular weight excluding hydrogens is 190 g/mol. The van der Waals surface area contributed by atoms with Gasteiger partial charge in [0.2, 0.25) is 5.13 Å². The monoisotopic (exact) mass is 199 g/mol. The molecule has 0 saturated heterocycles. The minimum Gasteiger partial charge on any atom is -0.480 e. The van der Waals surface area contributed by atoms with Gasteiger partial charge < -0.3 is 10.4 Å². The molecule has 1 aliphatic rings. The highest BCUT2D eigenvalue weighted by molar-refractivity contribution is 7.13. The third kappa shape index (κ3) is 1.95. The Kier molecular flexibility index (Phi) is 2.13. The van der Waals surface area contributed by atoms with E-state index in [0.717, 1.165) is 12.8 Å². The zero-order valence-electron chi connectivity index (χ0n) is 6.80. The molecule has 0 aromatic carbocycles. The molecule has 1 aromatic heterocycles. The van der Waals surface area contributed by atoms with E-state index in [0.29, 0.717) is 5.13 Å². The van der Waals surface area contributed by atoms with Gasteiger partial charge in [0, 0.05) is 0 Å². The first kappa shape index (κ1) is 8.43. The Balaban J connectivity index is 2.01. The van der Waals surface area contributed by atoms with Crippen LogP contribution in [0.1, 0.15) is 12.8 Å². The molecule has 1 aliphatic carbocycles. The predicted molar refractivity (Wildman–Crippen MR) is 47.7 cm³/mol. The third-order valence-electron chi connectivity index (χ3n) is 2.00. The lowest BCUT2D eigenvalue weighted by Crippen LogP contribution is -2.31. The van der Waals surface area contributed by atoms with Crippen LogP contribution in [0.4, 0.5) is 5.13 Å². The number of rotatable bonds is 4. The van der Waals surface area contributed by atoms with Crippen molar-refractivity contribution in [3.63, 3.8) is 0 Å². The topological polar surface area (TPSA) is 75.1 Å². The van der Waals surface area contributed by atoms with Crippen molar-refractivity contribution < 1.29 is 9.90 Å². The Hall–Kier alpha value is -1.17. The molecule has 0 amide bonds. The van der Waals surface area contributed by atoms with Crippen molar-refractivity contribution in [2.75, 3.05) is 5.32 Å². The smallest absolute Gasteiger partial charge is 0.326 e. The van der Waals surface area contributed by atoms with Crippen molar-refractivity contribution >= 4 is 22.4 Å². The number of carbonyl (C=O) groups is 1. The van der Waals surface area contributed by atoms with E-state index in [1.807, 2.05) is 0 Å². The lowest BCUT2D eigenvalue weighted by molar-refractivity contribution is -0.138. The number of aromatic nitrogens is 2. The molecule has 2 N–H and O–H groups in total. The molecule has 1 saturated carbocycles. The van der Waals surface area contributed by atoms with E-state index in [4.69, 9.17) is 5.11 Å². The van der Waals surface area contributed by atoms with E-state index in [-0.39, 0.29) is 5.92 Å². The molecule has 0 spiro atoms. The van der Waals surface area contributed by atoms with Crippen molar-refractivity contribution in [1.29, 1.82) is 0 Å². The van der Waals surface area contributed by atoms with Crippen molar-refractivity contribution in [3.05, 3.63) is 5.51 Å². The summed E-state index contributed by atoms with van der Waals surface area (Å²) in [6, 6.07) is -0.493. The first-order chi connectivity index (χ1) is 6.27. The Labute approximate surface area is 78.8 Å². The van der Waals surface area contributed by atoms with Gasteiger partial charge >= 0.3 is 5.97 Å². The zero-order chi connectivity index (χ0) is 9.26. The molecule has 70 valence electrons. The Bertz CT molecular complexity index is 297. The minimum atomic E-state index is -0.808. The number of carboxylic acid groups (broad SMARTS) is 1. The summed E-state index contributed by atoms with van der Waals surface area (Å²) in [6.45, 7) is 0. The van der Waals surface area contributed by atoms with Crippen LogP contribution in [0.2, 0.25) is 0 Å². The van der Waals surface area contributed by atoms with Crippen molar-refractivity contribution in [2.45, 2.75) is 18.9 Å². The summed E-state index contributed by atoms with van der Waals surface area (Å²) in [6.07, 6.45) is 1.98. The summed E-state index contributed by atoms with van der Waals surface area (Å²) < 4.78 is 0. The zero-order valence-corrected chi connectivity index (χ0v) is 7.62. The normalized spacial score (nSPS) is 18.2. The number of nitrogens with one attached hydrogen (secondary N) is 1. The molecule has 1 aromatic rings. The number of hydrogen-bond donors (Lipinski definition) is 2. The second-order valence-electron chi connectivity index (χ2n) is 3.04. The fourth-order valence-corrected chi connectivity index (χ4v) is 1.66. The summed E-state index contributed by atoms with van der Waals surface area (Å²) in [7, 11) is 0. The van der Waals surface area contributed by atoms with E-state index in [2.05, 4.69) is 15.5 Å². The number of anilines is 1. The van der Waals surface area contributed by atoms with Crippen molar-refractivity contribution in [3.8, 4) is 0 Å². The molecule has 0 bridgehead atoms. The third-order valence-corrected chi connectivity index (χ3v) is 2.62. The van der Waals surface area contributed by atoms with Gasteiger partial charge in [0.1, 0.15) is 11.6 Å². The molecule has 5 nitrogen and oxygen atoms in total. The Morgan fingerprint density at radius 1 is 1.77 bits per heavy atom. The van der Waals surface area contributed by atoms with Crippen LogP contribution in [0.15, 0.2) is 5.51 Å². The van der Waals surface area contributed by atoms with Gasteiger partial charge in [0.05, 0.1) is 0 Å². The first-order valence-corrected chi connectivity index (χ1v) is 4.91. The summed E-state index contributed by atoms with van der Waals surface area (Å²) in [4.78, 5) is 10.8. The molecule has 6 heteroatoms. The van der Waals surface area contributed by atoms with Crippen LogP contribution in [0.25, 0.3) is 0 Å². The average molecular weight is 199 g/mol. The molecule has 1 atom stereocenters. The number of nitrogens with zero attached hydrogens (tertiary/aromatic N) is 2. The highest BCUT2D eigenvalue weighted by atomic mass is 32.1. The molecule has 0 radical (unpaired) electrons. The van der Waals surface area contributed by atoms with E-state index in [1.54, 1.807) is 5.51 Å². The average Bonchev–Trinajstić information content (AvgIpc) is 2.79. The molecule has 0 aliphatic heterocycles. The van der Waals surface area contributed by atoms with Crippen LogP contribution in [-0.2, 0) is 4.79 Å². The maximum atomic E-state index is 10.8. The summed E-state index contributed by atoms with van der Waals surface area (Å²) in [5, 5.41) is 19.7. The van der Waals surface area contributed by atoms with Gasteiger partial charge in [0.25, 0.3) is 0 Å². The summed E-state index contributed by atoms with van der Waals surface area (Å²) in [5.74, 6) is -0.542. The number of aliphatic carboxylic acids is 1. The van der Waals surface area contributed by atoms with E-state index in [9.17, 15) is 4.79 Å². The molecule has 13 heavy (non-hydrogen) atoms. The maximum Gasteiger partial charge on any atom is 0.326 e. The standard InChI is InChI=1S/C7H9N3O2S/c11-6(12)5(4-1-2-4)9-7-10-8-3-13-7/h3-5H,1-2H2,(H,9,10)(H,11,12). The molecule has 1 fully saturated rings. The van der Waals surface area contributed by atoms with Crippen LogP contribution in [0.3, 0.4) is 0 Å². The van der Waals surface area contributed by atoms with Crippen LogP contribution >= 0.6 is 11.3 Å². The van der Waals surface area contributed by atoms with Crippen LogP contribution in [-0.4, -0.2) is 27.3 Å². The number of hydrogen-bond acceptors (Lipinski definition) is 5. The number of carboxylic acids is 1. The van der Waals surface area contributed by atoms with Crippen LogP contribution in [0.5, 0.6) is 0 Å². The van der Waals surface area contributed by atoms with Crippen LogP contribution < -0.4 is 5.32 Å². The second kappa shape index (κ2) is 3.29. The quantitative estimate of drug-likeness (QED) is 0.750. The first-order valence-electron chi connectivity index (χ1n) is 4.03. The van der Waals surface area contributed by atoms with Gasteiger partial charge in [-0.25, -0.2) is 4.79 Å². The SMILES string of the molecule is O=C(O)C(Nc1nncs1)C1CC1. The van der Waals surface area contributed by atoms with Crippen molar-refractivity contribution in [2.24, 2.45) is 5.92 Å². The molecule has 1 heterocycles. The maximum absolute atomic E-state index is 10.8. The minimum absolute atomic E-state index is 0.265. The van der Waals surface area contributed by atoms with Gasteiger partial charge in [-0.2, -0.15) is 0 Å².